The Labute approximate surface area is 186 Å². The highest BCUT2D eigenvalue weighted by Gasteiger charge is 2.19. The van der Waals surface area contributed by atoms with Crippen LogP contribution < -0.4 is 15.6 Å². The number of methoxy groups -OCH3 is 1. The van der Waals surface area contributed by atoms with Gasteiger partial charge in [-0.1, -0.05) is 48.5 Å². The fourth-order valence-electron chi connectivity index (χ4n) is 3.43. The summed E-state index contributed by atoms with van der Waals surface area (Å²) in [6.07, 6.45) is 0. The first kappa shape index (κ1) is 21.1. The third kappa shape index (κ3) is 4.44. The second kappa shape index (κ2) is 9.31. The Morgan fingerprint density at radius 2 is 1.56 bits per heavy atom. The molecule has 1 atom stereocenters. The predicted octanol–water partition coefficient (Wildman–Crippen LogP) is 4.79. The molecule has 1 heterocycles. The minimum atomic E-state index is -0.801. The van der Waals surface area contributed by atoms with Crippen molar-refractivity contribution < 1.29 is 9.53 Å². The molecule has 0 spiro atoms. The summed E-state index contributed by atoms with van der Waals surface area (Å²) in [5.74, 6) is 0.404. The van der Waals surface area contributed by atoms with Gasteiger partial charge in [0.15, 0.2) is 0 Å². The molecule has 0 saturated heterocycles. The van der Waals surface area contributed by atoms with Crippen LogP contribution >= 0.6 is 0 Å². The van der Waals surface area contributed by atoms with Gasteiger partial charge in [0.1, 0.15) is 11.8 Å². The molecule has 1 N–H and O–H groups in total. The molecule has 32 heavy (non-hydrogen) atoms. The zero-order valence-corrected chi connectivity index (χ0v) is 17.9. The average Bonchev–Trinajstić information content (AvgIpc) is 2.85. The maximum Gasteiger partial charge on any atom is 0.267 e. The smallest absolute Gasteiger partial charge is 0.267 e. The summed E-state index contributed by atoms with van der Waals surface area (Å²) >= 11 is 0. The molecule has 6 heteroatoms. The van der Waals surface area contributed by atoms with E-state index in [1.807, 2.05) is 78.9 Å². The zero-order chi connectivity index (χ0) is 22.5. The van der Waals surface area contributed by atoms with E-state index >= 15 is 0 Å². The second-order valence-electron chi connectivity index (χ2n) is 7.31. The molecular formula is C26H23N3O3. The van der Waals surface area contributed by atoms with E-state index in [9.17, 15) is 9.59 Å². The summed E-state index contributed by atoms with van der Waals surface area (Å²) in [4.78, 5) is 25.5. The average molecular weight is 425 g/mol. The Bertz CT molecular complexity index is 1280. The van der Waals surface area contributed by atoms with E-state index in [0.717, 1.165) is 22.4 Å². The highest BCUT2D eigenvalue weighted by atomic mass is 16.5. The number of nitrogens with one attached hydrogen (secondary N) is 1. The van der Waals surface area contributed by atoms with Crippen LogP contribution in [0.2, 0.25) is 0 Å². The Morgan fingerprint density at radius 3 is 2.28 bits per heavy atom. The van der Waals surface area contributed by atoms with Crippen molar-refractivity contribution in [2.75, 3.05) is 12.4 Å². The molecule has 1 unspecified atom stereocenters. The number of anilines is 1. The first-order valence-electron chi connectivity index (χ1n) is 10.3. The lowest BCUT2D eigenvalue weighted by Gasteiger charge is -2.17. The molecule has 1 amide bonds. The lowest BCUT2D eigenvalue weighted by atomic mass is 10.0. The van der Waals surface area contributed by atoms with Gasteiger partial charge in [0.25, 0.3) is 5.56 Å². The number of para-hydroxylation sites is 1. The molecule has 3 aromatic carbocycles. The summed E-state index contributed by atoms with van der Waals surface area (Å²) in [5.41, 5.74) is 3.64. The third-order valence-corrected chi connectivity index (χ3v) is 5.23. The van der Waals surface area contributed by atoms with E-state index in [2.05, 4.69) is 10.4 Å². The number of benzene rings is 3. The molecule has 0 bridgehead atoms. The van der Waals surface area contributed by atoms with Gasteiger partial charge in [-0.15, -0.1) is 0 Å². The van der Waals surface area contributed by atoms with Gasteiger partial charge >= 0.3 is 0 Å². The number of carbonyl (C=O) groups is 1. The summed E-state index contributed by atoms with van der Waals surface area (Å²) in [6.45, 7) is 1.66. The quantitative estimate of drug-likeness (QED) is 0.482. The van der Waals surface area contributed by atoms with Crippen molar-refractivity contribution in [3.8, 4) is 28.1 Å². The Kier molecular flexibility index (Phi) is 6.12. The summed E-state index contributed by atoms with van der Waals surface area (Å²) in [6, 6.07) is 27.0. The number of ether oxygens (including phenoxy) is 1. The first-order chi connectivity index (χ1) is 15.6. The Hall–Kier alpha value is -4.19. The third-order valence-electron chi connectivity index (χ3n) is 5.23. The Morgan fingerprint density at radius 1 is 0.875 bits per heavy atom. The first-order valence-corrected chi connectivity index (χ1v) is 10.3. The standard InChI is InChI=1S/C26H23N3O3/c1-18(26(31)27-24-11-7-6-10-22(24)19-8-4-3-5-9-19)29-25(30)17-16-23(28-29)20-12-14-21(32-2)15-13-20/h3-18H,1-2H3,(H,27,31). The molecule has 160 valence electrons. The van der Waals surface area contributed by atoms with Crippen molar-refractivity contribution in [1.29, 1.82) is 0 Å². The van der Waals surface area contributed by atoms with Gasteiger partial charge in [-0.3, -0.25) is 9.59 Å². The molecule has 0 radical (unpaired) electrons. The van der Waals surface area contributed by atoms with Gasteiger partial charge in [-0.2, -0.15) is 5.10 Å². The number of amides is 1. The van der Waals surface area contributed by atoms with Crippen LogP contribution in [-0.2, 0) is 4.79 Å². The van der Waals surface area contributed by atoms with Crippen LogP contribution in [0.4, 0.5) is 5.69 Å². The van der Waals surface area contributed by atoms with E-state index in [1.54, 1.807) is 20.1 Å². The van der Waals surface area contributed by atoms with Gasteiger partial charge in [0, 0.05) is 22.9 Å². The van der Waals surface area contributed by atoms with Crippen LogP contribution in [0.5, 0.6) is 5.75 Å². The molecule has 0 saturated carbocycles. The second-order valence-corrected chi connectivity index (χ2v) is 7.31. The molecule has 0 aliphatic rings. The molecule has 0 fully saturated rings. The normalized spacial score (nSPS) is 11.6. The summed E-state index contributed by atoms with van der Waals surface area (Å²) in [7, 11) is 1.60. The zero-order valence-electron chi connectivity index (χ0n) is 17.9. The van der Waals surface area contributed by atoms with Gasteiger partial charge < -0.3 is 10.1 Å². The monoisotopic (exact) mass is 425 g/mol. The minimum Gasteiger partial charge on any atom is -0.497 e. The largest absolute Gasteiger partial charge is 0.497 e. The topological polar surface area (TPSA) is 73.2 Å². The number of hydrogen-bond acceptors (Lipinski definition) is 4. The molecule has 6 nitrogen and oxygen atoms in total. The molecule has 0 aliphatic heterocycles. The SMILES string of the molecule is COc1ccc(-c2ccc(=O)n(C(C)C(=O)Nc3ccccc3-c3ccccc3)n2)cc1. The molecule has 4 rings (SSSR count). The maximum atomic E-state index is 13.1. The molecular weight excluding hydrogens is 402 g/mol. The van der Waals surface area contributed by atoms with Gasteiger partial charge in [0.05, 0.1) is 12.8 Å². The van der Waals surface area contributed by atoms with E-state index in [1.165, 1.54) is 10.7 Å². The van der Waals surface area contributed by atoms with Crippen LogP contribution in [0.1, 0.15) is 13.0 Å². The summed E-state index contributed by atoms with van der Waals surface area (Å²) < 4.78 is 6.40. The van der Waals surface area contributed by atoms with E-state index in [4.69, 9.17) is 4.74 Å². The number of hydrogen-bond donors (Lipinski definition) is 1. The van der Waals surface area contributed by atoms with E-state index < -0.39 is 6.04 Å². The van der Waals surface area contributed by atoms with Crippen LogP contribution in [0.3, 0.4) is 0 Å². The van der Waals surface area contributed by atoms with Crippen LogP contribution in [0.15, 0.2) is 95.8 Å². The Balaban J connectivity index is 1.61. The van der Waals surface area contributed by atoms with Crippen molar-refractivity contribution in [2.45, 2.75) is 13.0 Å². The molecule has 4 aromatic rings. The van der Waals surface area contributed by atoms with Crippen LogP contribution in [0.25, 0.3) is 22.4 Å². The van der Waals surface area contributed by atoms with Gasteiger partial charge in [-0.25, -0.2) is 4.68 Å². The highest BCUT2D eigenvalue weighted by molar-refractivity contribution is 5.97. The predicted molar refractivity (Wildman–Crippen MR) is 126 cm³/mol. The lowest BCUT2D eigenvalue weighted by molar-refractivity contribution is -0.119. The number of nitrogens with zero attached hydrogens (tertiary/aromatic N) is 2. The molecule has 0 aliphatic carbocycles. The lowest BCUT2D eigenvalue weighted by Crippen LogP contribution is -2.33. The van der Waals surface area contributed by atoms with Crippen molar-refractivity contribution in [1.82, 2.24) is 9.78 Å². The fourth-order valence-corrected chi connectivity index (χ4v) is 3.43. The highest BCUT2D eigenvalue weighted by Crippen LogP contribution is 2.28. The number of carbonyl (C=O) groups excluding carboxylic acids is 1. The summed E-state index contributed by atoms with van der Waals surface area (Å²) in [5, 5.41) is 7.40. The number of aromatic nitrogens is 2. The van der Waals surface area contributed by atoms with Crippen LogP contribution in [0, 0.1) is 0 Å². The van der Waals surface area contributed by atoms with E-state index in [-0.39, 0.29) is 11.5 Å². The fraction of sp³-hybridized carbons (Fsp3) is 0.115. The van der Waals surface area contributed by atoms with E-state index in [0.29, 0.717) is 11.4 Å². The van der Waals surface area contributed by atoms with Crippen molar-refractivity contribution in [2.24, 2.45) is 0 Å². The molecule has 1 aromatic heterocycles. The maximum absolute atomic E-state index is 13.1. The number of rotatable bonds is 6. The minimum absolute atomic E-state index is 0.324. The van der Waals surface area contributed by atoms with Crippen molar-refractivity contribution >= 4 is 11.6 Å². The van der Waals surface area contributed by atoms with Crippen molar-refractivity contribution in [3.63, 3.8) is 0 Å². The van der Waals surface area contributed by atoms with Crippen molar-refractivity contribution in [3.05, 3.63) is 101 Å². The van der Waals surface area contributed by atoms with Crippen LogP contribution in [-0.4, -0.2) is 22.8 Å². The van der Waals surface area contributed by atoms with Gasteiger partial charge in [0.2, 0.25) is 5.91 Å². The van der Waals surface area contributed by atoms with Gasteiger partial charge in [-0.05, 0) is 48.9 Å².